The number of nitrogens with two attached hydrogens (primary N) is 1. The molecule has 1 aromatic heterocycles. The van der Waals surface area contributed by atoms with Crippen molar-refractivity contribution in [2.75, 3.05) is 7.11 Å². The molecule has 0 atom stereocenters. The summed E-state index contributed by atoms with van der Waals surface area (Å²) in [4.78, 5) is 16.3. The third-order valence-corrected chi connectivity index (χ3v) is 5.19. The number of rotatable bonds is 4. The Kier molecular flexibility index (Phi) is 4.75. The normalized spacial score (nSPS) is 15.1. The van der Waals surface area contributed by atoms with Gasteiger partial charge in [0.25, 0.3) is 5.91 Å². The number of aryl methyl sites for hydroxylation is 1. The van der Waals surface area contributed by atoms with Crippen molar-refractivity contribution < 1.29 is 9.53 Å². The molecular formula is C21H18N4O2S. The number of methoxy groups -OCH3 is 1. The molecule has 140 valence electrons. The zero-order chi connectivity index (χ0) is 19.7. The van der Waals surface area contributed by atoms with Gasteiger partial charge >= 0.3 is 0 Å². The zero-order valence-electron chi connectivity index (χ0n) is 15.4. The SMILES string of the molecule is COc1ccc(-c2nn(-c3ccccc3)cc2/C=C2\SC(N)=NC2=O)c(C)c1. The van der Waals surface area contributed by atoms with Gasteiger partial charge in [-0.2, -0.15) is 10.1 Å². The smallest absolute Gasteiger partial charge is 0.286 e. The van der Waals surface area contributed by atoms with Crippen molar-refractivity contribution in [3.8, 4) is 22.7 Å². The van der Waals surface area contributed by atoms with E-state index in [4.69, 9.17) is 15.6 Å². The molecule has 2 heterocycles. The summed E-state index contributed by atoms with van der Waals surface area (Å²) in [5.74, 6) is 0.457. The van der Waals surface area contributed by atoms with Gasteiger partial charge in [-0.15, -0.1) is 0 Å². The van der Waals surface area contributed by atoms with E-state index in [-0.39, 0.29) is 11.1 Å². The lowest BCUT2D eigenvalue weighted by molar-refractivity contribution is -0.113. The molecule has 0 radical (unpaired) electrons. The average Bonchev–Trinajstić information content (AvgIpc) is 3.25. The largest absolute Gasteiger partial charge is 0.497 e. The number of carbonyl (C=O) groups excluding carboxylic acids is 1. The number of aromatic nitrogens is 2. The Labute approximate surface area is 166 Å². The van der Waals surface area contributed by atoms with Crippen molar-refractivity contribution in [3.63, 3.8) is 0 Å². The van der Waals surface area contributed by atoms with Crippen LogP contribution in [0.5, 0.6) is 5.75 Å². The number of carbonyl (C=O) groups is 1. The Morgan fingerprint density at radius 2 is 1.96 bits per heavy atom. The highest BCUT2D eigenvalue weighted by Crippen LogP contribution is 2.33. The van der Waals surface area contributed by atoms with E-state index in [0.717, 1.165) is 33.8 Å². The summed E-state index contributed by atoms with van der Waals surface area (Å²) < 4.78 is 7.11. The van der Waals surface area contributed by atoms with Crippen LogP contribution in [0.2, 0.25) is 0 Å². The molecule has 0 saturated carbocycles. The Hall–Kier alpha value is -3.32. The zero-order valence-corrected chi connectivity index (χ0v) is 16.2. The topological polar surface area (TPSA) is 82.5 Å². The standard InChI is InChI=1S/C21H18N4O2S/c1-13-10-16(27-2)8-9-17(13)19-14(11-18-20(26)23-21(22)28-18)12-25(24-19)15-6-4-3-5-7-15/h3-12H,1-2H3,(H2,22,23,26)/b18-11-. The molecule has 0 spiro atoms. The van der Waals surface area contributed by atoms with Crippen LogP contribution in [-0.4, -0.2) is 28.0 Å². The van der Waals surface area contributed by atoms with E-state index in [0.29, 0.717) is 4.91 Å². The van der Waals surface area contributed by atoms with Crippen LogP contribution in [0.25, 0.3) is 23.0 Å². The molecule has 3 aromatic rings. The lowest BCUT2D eigenvalue weighted by atomic mass is 10.0. The fourth-order valence-corrected chi connectivity index (χ4v) is 3.68. The summed E-state index contributed by atoms with van der Waals surface area (Å²) in [6.45, 7) is 2.01. The molecule has 1 aliphatic rings. The molecule has 0 fully saturated rings. The molecule has 0 bridgehead atoms. The number of ether oxygens (including phenoxy) is 1. The third-order valence-electron chi connectivity index (χ3n) is 4.38. The first-order chi connectivity index (χ1) is 13.5. The van der Waals surface area contributed by atoms with Crippen molar-refractivity contribution >= 4 is 28.9 Å². The van der Waals surface area contributed by atoms with Gasteiger partial charge in [0.05, 0.1) is 17.7 Å². The van der Waals surface area contributed by atoms with E-state index < -0.39 is 0 Å². The minimum Gasteiger partial charge on any atom is -0.497 e. The predicted octanol–water partition coefficient (Wildman–Crippen LogP) is 3.79. The molecule has 0 saturated heterocycles. The van der Waals surface area contributed by atoms with Crippen LogP contribution in [-0.2, 0) is 4.79 Å². The van der Waals surface area contributed by atoms with Gasteiger partial charge in [0.15, 0.2) is 5.17 Å². The van der Waals surface area contributed by atoms with Crippen LogP contribution in [0.1, 0.15) is 11.1 Å². The molecule has 2 aromatic carbocycles. The lowest BCUT2D eigenvalue weighted by Crippen LogP contribution is -2.01. The Bertz CT molecular complexity index is 1120. The predicted molar refractivity (Wildman–Crippen MR) is 112 cm³/mol. The van der Waals surface area contributed by atoms with Crippen LogP contribution in [0.4, 0.5) is 0 Å². The molecule has 0 unspecified atom stereocenters. The van der Waals surface area contributed by atoms with Gasteiger partial charge in [-0.25, -0.2) is 4.68 Å². The highest BCUT2D eigenvalue weighted by molar-refractivity contribution is 8.18. The summed E-state index contributed by atoms with van der Waals surface area (Å²) >= 11 is 1.17. The third kappa shape index (κ3) is 3.44. The minimum atomic E-state index is -0.327. The number of amides is 1. The Balaban J connectivity index is 1.86. The van der Waals surface area contributed by atoms with E-state index in [2.05, 4.69) is 4.99 Å². The number of thioether (sulfide) groups is 1. The summed E-state index contributed by atoms with van der Waals surface area (Å²) in [5.41, 5.74) is 10.2. The monoisotopic (exact) mass is 390 g/mol. The number of amidine groups is 1. The summed E-state index contributed by atoms with van der Waals surface area (Å²) in [7, 11) is 1.64. The summed E-state index contributed by atoms with van der Waals surface area (Å²) in [6.07, 6.45) is 3.70. The summed E-state index contributed by atoms with van der Waals surface area (Å²) in [6, 6.07) is 15.7. The van der Waals surface area contributed by atoms with Crippen LogP contribution in [0.15, 0.2) is 64.6 Å². The first kappa shape index (κ1) is 18.1. The molecule has 2 N–H and O–H groups in total. The fourth-order valence-electron chi connectivity index (χ4n) is 3.01. The molecule has 6 nitrogen and oxygen atoms in total. The van der Waals surface area contributed by atoms with E-state index in [9.17, 15) is 4.79 Å². The van der Waals surface area contributed by atoms with Crippen molar-refractivity contribution in [2.24, 2.45) is 10.7 Å². The number of benzene rings is 2. The van der Waals surface area contributed by atoms with E-state index in [1.54, 1.807) is 17.9 Å². The number of nitrogens with zero attached hydrogens (tertiary/aromatic N) is 3. The first-order valence-corrected chi connectivity index (χ1v) is 9.45. The second-order valence-electron chi connectivity index (χ2n) is 6.26. The second-order valence-corrected chi connectivity index (χ2v) is 7.32. The van der Waals surface area contributed by atoms with Gasteiger partial charge in [-0.05, 0) is 60.7 Å². The van der Waals surface area contributed by atoms with E-state index in [1.807, 2.05) is 61.7 Å². The average molecular weight is 390 g/mol. The van der Waals surface area contributed by atoms with Crippen molar-refractivity contribution in [2.45, 2.75) is 6.92 Å². The quantitative estimate of drug-likeness (QED) is 0.686. The fraction of sp³-hybridized carbons (Fsp3) is 0.0952. The Morgan fingerprint density at radius 3 is 2.61 bits per heavy atom. The number of hydrogen-bond acceptors (Lipinski definition) is 5. The summed E-state index contributed by atoms with van der Waals surface area (Å²) in [5, 5.41) is 5.05. The van der Waals surface area contributed by atoms with Crippen LogP contribution >= 0.6 is 11.8 Å². The van der Waals surface area contributed by atoms with Crippen molar-refractivity contribution in [1.82, 2.24) is 9.78 Å². The maximum Gasteiger partial charge on any atom is 0.286 e. The number of para-hydroxylation sites is 1. The highest BCUT2D eigenvalue weighted by Gasteiger charge is 2.22. The van der Waals surface area contributed by atoms with Gasteiger partial charge in [-0.3, -0.25) is 4.79 Å². The first-order valence-electron chi connectivity index (χ1n) is 8.63. The minimum absolute atomic E-state index is 0.258. The van der Waals surface area contributed by atoms with E-state index in [1.165, 1.54) is 11.8 Å². The van der Waals surface area contributed by atoms with Gasteiger partial charge in [0, 0.05) is 17.3 Å². The number of hydrogen-bond donors (Lipinski definition) is 1. The Morgan fingerprint density at radius 1 is 1.18 bits per heavy atom. The van der Waals surface area contributed by atoms with Crippen molar-refractivity contribution in [3.05, 3.63) is 70.8 Å². The van der Waals surface area contributed by atoms with Crippen LogP contribution in [0.3, 0.4) is 0 Å². The van der Waals surface area contributed by atoms with Crippen LogP contribution < -0.4 is 10.5 Å². The maximum atomic E-state index is 12.1. The van der Waals surface area contributed by atoms with Crippen LogP contribution in [0, 0.1) is 6.92 Å². The van der Waals surface area contributed by atoms with Gasteiger partial charge < -0.3 is 10.5 Å². The molecule has 28 heavy (non-hydrogen) atoms. The van der Waals surface area contributed by atoms with Gasteiger partial charge in [0.2, 0.25) is 0 Å². The highest BCUT2D eigenvalue weighted by atomic mass is 32.2. The van der Waals surface area contributed by atoms with Gasteiger partial charge in [-0.1, -0.05) is 18.2 Å². The maximum absolute atomic E-state index is 12.1. The molecule has 7 heteroatoms. The number of aliphatic imine (C=N–C) groups is 1. The molecule has 1 amide bonds. The van der Waals surface area contributed by atoms with Crippen molar-refractivity contribution in [1.29, 1.82) is 0 Å². The molecule has 0 aliphatic carbocycles. The lowest BCUT2D eigenvalue weighted by Gasteiger charge is -2.07. The van der Waals surface area contributed by atoms with E-state index >= 15 is 0 Å². The molecule has 1 aliphatic heterocycles. The molecule has 4 rings (SSSR count). The second kappa shape index (κ2) is 7.36. The van der Waals surface area contributed by atoms with Gasteiger partial charge in [0.1, 0.15) is 11.4 Å². The molecular weight excluding hydrogens is 372 g/mol.